The molecule has 0 aliphatic heterocycles. The monoisotopic (exact) mass is 451 g/mol. The summed E-state index contributed by atoms with van der Waals surface area (Å²) >= 11 is 1.61. The summed E-state index contributed by atoms with van der Waals surface area (Å²) in [7, 11) is 0. The quantitative estimate of drug-likeness (QED) is 0.456. The van der Waals surface area contributed by atoms with Gasteiger partial charge in [-0.05, 0) is 67.0 Å². The SMILES string of the molecule is CSCCC(NC(=O)COc1ccccc1)C(=O)Nc1ccc(Oc2ccncc2)cc1. The Balaban J connectivity index is 1.54. The van der Waals surface area contributed by atoms with Gasteiger partial charge >= 0.3 is 0 Å². The molecule has 3 rings (SSSR count). The van der Waals surface area contributed by atoms with Gasteiger partial charge in [0.2, 0.25) is 5.91 Å². The highest BCUT2D eigenvalue weighted by atomic mass is 32.2. The van der Waals surface area contributed by atoms with E-state index < -0.39 is 6.04 Å². The molecule has 2 aromatic carbocycles. The van der Waals surface area contributed by atoms with Gasteiger partial charge in [-0.15, -0.1) is 0 Å². The lowest BCUT2D eigenvalue weighted by molar-refractivity contribution is -0.127. The Bertz CT molecular complexity index is 985. The fraction of sp³-hybridized carbons (Fsp3) is 0.208. The highest BCUT2D eigenvalue weighted by Gasteiger charge is 2.21. The standard InChI is InChI=1S/C24H25N3O4S/c1-32-16-13-22(27-23(28)17-30-19-5-3-2-4-6-19)24(29)26-18-7-9-20(10-8-18)31-21-11-14-25-15-12-21/h2-12,14-15,22H,13,16-17H2,1H3,(H,26,29)(H,27,28). The number of amides is 2. The Morgan fingerprint density at radius 1 is 0.938 bits per heavy atom. The van der Waals surface area contributed by atoms with Crippen molar-refractivity contribution < 1.29 is 19.1 Å². The van der Waals surface area contributed by atoms with Gasteiger partial charge in [0.15, 0.2) is 6.61 Å². The van der Waals surface area contributed by atoms with Crippen LogP contribution in [-0.4, -0.2) is 41.5 Å². The van der Waals surface area contributed by atoms with E-state index in [2.05, 4.69) is 15.6 Å². The molecule has 7 nitrogen and oxygen atoms in total. The largest absolute Gasteiger partial charge is 0.484 e. The molecule has 166 valence electrons. The van der Waals surface area contributed by atoms with Crippen LogP contribution in [-0.2, 0) is 9.59 Å². The molecule has 1 heterocycles. The van der Waals surface area contributed by atoms with Gasteiger partial charge in [0.1, 0.15) is 23.3 Å². The summed E-state index contributed by atoms with van der Waals surface area (Å²) in [5.74, 6) is 2.01. The molecule has 0 aliphatic rings. The Kier molecular flexibility index (Phi) is 8.94. The lowest BCUT2D eigenvalue weighted by Gasteiger charge is -2.18. The van der Waals surface area contributed by atoms with Crippen LogP contribution in [0.3, 0.4) is 0 Å². The molecule has 1 unspecified atom stereocenters. The van der Waals surface area contributed by atoms with Gasteiger partial charge in [-0.25, -0.2) is 0 Å². The fourth-order valence-electron chi connectivity index (χ4n) is 2.78. The third-order valence-corrected chi connectivity index (χ3v) is 5.03. The third kappa shape index (κ3) is 7.63. The molecule has 3 aromatic rings. The van der Waals surface area contributed by atoms with Gasteiger partial charge < -0.3 is 20.1 Å². The van der Waals surface area contributed by atoms with Crippen LogP contribution in [0.2, 0.25) is 0 Å². The summed E-state index contributed by atoms with van der Waals surface area (Å²) in [4.78, 5) is 29.1. The molecule has 32 heavy (non-hydrogen) atoms. The van der Waals surface area contributed by atoms with Crippen LogP contribution in [0.5, 0.6) is 17.2 Å². The molecule has 1 atom stereocenters. The summed E-state index contributed by atoms with van der Waals surface area (Å²) in [6.07, 6.45) is 5.76. The summed E-state index contributed by atoms with van der Waals surface area (Å²) in [5.41, 5.74) is 0.612. The van der Waals surface area contributed by atoms with Crippen LogP contribution in [0, 0.1) is 0 Å². The molecule has 0 saturated carbocycles. The molecule has 2 amide bonds. The maximum absolute atomic E-state index is 12.8. The minimum Gasteiger partial charge on any atom is -0.484 e. The molecule has 0 fully saturated rings. The molecule has 0 bridgehead atoms. The fourth-order valence-corrected chi connectivity index (χ4v) is 3.26. The highest BCUT2D eigenvalue weighted by molar-refractivity contribution is 7.98. The van der Waals surface area contributed by atoms with E-state index in [1.54, 1.807) is 72.7 Å². The summed E-state index contributed by atoms with van der Waals surface area (Å²) < 4.78 is 11.2. The average Bonchev–Trinajstić information content (AvgIpc) is 2.83. The molecule has 8 heteroatoms. The Hall–Kier alpha value is -3.52. The van der Waals surface area contributed by atoms with Gasteiger partial charge in [0.05, 0.1) is 0 Å². The molecule has 0 aliphatic carbocycles. The predicted octanol–water partition coefficient (Wildman–Crippen LogP) is 4.13. The first-order valence-corrected chi connectivity index (χ1v) is 11.5. The van der Waals surface area contributed by atoms with E-state index in [1.165, 1.54) is 0 Å². The van der Waals surface area contributed by atoms with Crippen molar-refractivity contribution in [3.05, 3.63) is 79.1 Å². The molecule has 0 spiro atoms. The van der Waals surface area contributed by atoms with Crippen molar-refractivity contribution in [2.75, 3.05) is 23.9 Å². The van der Waals surface area contributed by atoms with Crippen LogP contribution < -0.4 is 20.1 Å². The van der Waals surface area contributed by atoms with E-state index >= 15 is 0 Å². The van der Waals surface area contributed by atoms with Gasteiger partial charge in [0.25, 0.3) is 5.91 Å². The maximum atomic E-state index is 12.8. The number of ether oxygens (including phenoxy) is 2. The van der Waals surface area contributed by atoms with E-state index in [9.17, 15) is 9.59 Å². The van der Waals surface area contributed by atoms with Crippen LogP contribution in [0.1, 0.15) is 6.42 Å². The number of aromatic nitrogens is 1. The number of pyridine rings is 1. The molecule has 0 saturated heterocycles. The number of para-hydroxylation sites is 1. The highest BCUT2D eigenvalue weighted by Crippen LogP contribution is 2.22. The Morgan fingerprint density at radius 3 is 2.31 bits per heavy atom. The zero-order chi connectivity index (χ0) is 22.6. The molecule has 1 aromatic heterocycles. The second kappa shape index (κ2) is 12.4. The van der Waals surface area contributed by atoms with Crippen molar-refractivity contribution >= 4 is 29.3 Å². The zero-order valence-electron chi connectivity index (χ0n) is 17.7. The number of carbonyl (C=O) groups excluding carboxylic acids is 2. The first-order valence-electron chi connectivity index (χ1n) is 10.1. The first-order chi connectivity index (χ1) is 15.6. The van der Waals surface area contributed by atoms with Crippen LogP contribution in [0.4, 0.5) is 5.69 Å². The first kappa shape index (κ1) is 23.1. The van der Waals surface area contributed by atoms with Crippen molar-refractivity contribution in [1.82, 2.24) is 10.3 Å². The lowest BCUT2D eigenvalue weighted by atomic mass is 10.2. The van der Waals surface area contributed by atoms with Gasteiger partial charge in [-0.1, -0.05) is 18.2 Å². The van der Waals surface area contributed by atoms with Crippen LogP contribution >= 0.6 is 11.8 Å². The van der Waals surface area contributed by atoms with Gasteiger partial charge in [0, 0.05) is 18.1 Å². The minimum atomic E-state index is -0.665. The molecular weight excluding hydrogens is 426 g/mol. The summed E-state index contributed by atoms with van der Waals surface area (Å²) in [5, 5.41) is 5.62. The predicted molar refractivity (Wildman–Crippen MR) is 126 cm³/mol. The van der Waals surface area contributed by atoms with Crippen molar-refractivity contribution in [3.63, 3.8) is 0 Å². The van der Waals surface area contributed by atoms with Crippen molar-refractivity contribution in [2.24, 2.45) is 0 Å². The summed E-state index contributed by atoms with van der Waals surface area (Å²) in [6.45, 7) is -0.159. The molecule has 2 N–H and O–H groups in total. The molecule has 0 radical (unpaired) electrons. The second-order valence-corrected chi connectivity index (χ2v) is 7.79. The topological polar surface area (TPSA) is 89.5 Å². The second-order valence-electron chi connectivity index (χ2n) is 6.80. The number of nitrogens with zero attached hydrogens (tertiary/aromatic N) is 1. The smallest absolute Gasteiger partial charge is 0.258 e. The normalized spacial score (nSPS) is 11.3. The minimum absolute atomic E-state index is 0.159. The third-order valence-electron chi connectivity index (χ3n) is 4.38. The van der Waals surface area contributed by atoms with E-state index in [4.69, 9.17) is 9.47 Å². The van der Waals surface area contributed by atoms with E-state index in [0.29, 0.717) is 29.4 Å². The average molecular weight is 452 g/mol. The number of nitrogens with one attached hydrogen (secondary N) is 2. The zero-order valence-corrected chi connectivity index (χ0v) is 18.5. The van der Waals surface area contributed by atoms with E-state index in [-0.39, 0.29) is 18.4 Å². The van der Waals surface area contributed by atoms with Crippen LogP contribution in [0.25, 0.3) is 0 Å². The number of thioether (sulfide) groups is 1. The summed E-state index contributed by atoms with van der Waals surface area (Å²) in [6, 6.07) is 19.0. The van der Waals surface area contributed by atoms with E-state index in [1.807, 2.05) is 24.5 Å². The number of hydrogen-bond acceptors (Lipinski definition) is 6. The number of hydrogen-bond donors (Lipinski definition) is 2. The maximum Gasteiger partial charge on any atom is 0.258 e. The number of rotatable bonds is 11. The number of carbonyl (C=O) groups is 2. The Morgan fingerprint density at radius 2 is 1.62 bits per heavy atom. The van der Waals surface area contributed by atoms with Crippen molar-refractivity contribution in [1.29, 1.82) is 0 Å². The van der Waals surface area contributed by atoms with Crippen molar-refractivity contribution in [2.45, 2.75) is 12.5 Å². The molecular formula is C24H25N3O4S. The lowest BCUT2D eigenvalue weighted by Crippen LogP contribution is -2.45. The Labute approximate surface area is 191 Å². The number of benzene rings is 2. The van der Waals surface area contributed by atoms with E-state index in [0.717, 1.165) is 5.75 Å². The van der Waals surface area contributed by atoms with Crippen LogP contribution in [0.15, 0.2) is 79.1 Å². The van der Waals surface area contributed by atoms with Gasteiger partial charge in [-0.2, -0.15) is 11.8 Å². The number of anilines is 1. The van der Waals surface area contributed by atoms with Gasteiger partial charge in [-0.3, -0.25) is 14.6 Å². The van der Waals surface area contributed by atoms with Crippen molar-refractivity contribution in [3.8, 4) is 17.2 Å².